The molecule has 3 heterocycles. The first-order valence-electron chi connectivity index (χ1n) is 13.4. The summed E-state index contributed by atoms with van der Waals surface area (Å²) in [6.07, 6.45) is 7.78. The number of nitrogens with zero attached hydrogens (tertiary/aromatic N) is 3. The number of anilines is 1. The highest BCUT2D eigenvalue weighted by atomic mass is 35.5. The fourth-order valence-corrected chi connectivity index (χ4v) is 4.93. The molecule has 2 aromatic heterocycles. The lowest BCUT2D eigenvalue weighted by atomic mass is 10.1. The second-order valence-electron chi connectivity index (χ2n) is 10.7. The zero-order valence-electron chi connectivity index (χ0n) is 22.9. The number of carboxylic acid groups (broad SMARTS) is 1. The number of pyridine rings is 2. The molecule has 0 unspecified atom stereocenters. The summed E-state index contributed by atoms with van der Waals surface area (Å²) >= 11 is 12.1. The van der Waals surface area contributed by atoms with Crippen molar-refractivity contribution in [3.63, 3.8) is 0 Å². The molecule has 2 aromatic rings. The number of aliphatic carboxylic acids is 1. The topological polar surface area (TPSA) is 117 Å². The fourth-order valence-electron chi connectivity index (χ4n) is 4.39. The van der Waals surface area contributed by atoms with Gasteiger partial charge in [0.1, 0.15) is 11.9 Å². The number of rotatable bonds is 14. The molecule has 214 valence electrons. The maximum atomic E-state index is 12.7. The summed E-state index contributed by atoms with van der Waals surface area (Å²) in [5.74, 6) is -0.757. The van der Waals surface area contributed by atoms with Gasteiger partial charge < -0.3 is 25.4 Å². The van der Waals surface area contributed by atoms with Crippen LogP contribution in [0.1, 0.15) is 68.1 Å². The number of carbonyl (C=O) groups excluding carboxylic acids is 1. The summed E-state index contributed by atoms with van der Waals surface area (Å²) in [7, 11) is 0. The monoisotopic (exact) mass is 579 g/mol. The van der Waals surface area contributed by atoms with Gasteiger partial charge in [-0.15, -0.1) is 0 Å². The maximum Gasteiger partial charge on any atom is 0.326 e. The molecule has 1 atom stereocenters. The molecule has 0 bridgehead atoms. The van der Waals surface area contributed by atoms with Crippen molar-refractivity contribution in [2.75, 3.05) is 38.1 Å². The van der Waals surface area contributed by atoms with Gasteiger partial charge in [0.15, 0.2) is 0 Å². The molecule has 0 fully saturated rings. The lowest BCUT2D eigenvalue weighted by Crippen LogP contribution is -2.44. The van der Waals surface area contributed by atoms with Crippen LogP contribution in [0.4, 0.5) is 5.82 Å². The van der Waals surface area contributed by atoms with Crippen molar-refractivity contribution in [2.45, 2.75) is 70.9 Å². The average molecular weight is 581 g/mol. The number of carbonyl (C=O) groups is 2. The third kappa shape index (κ3) is 10.2. The second-order valence-corrected chi connectivity index (χ2v) is 11.5. The lowest BCUT2D eigenvalue weighted by molar-refractivity contribution is -0.139. The van der Waals surface area contributed by atoms with Crippen molar-refractivity contribution in [1.29, 1.82) is 0 Å². The molecule has 0 spiro atoms. The van der Waals surface area contributed by atoms with Crippen LogP contribution in [0.25, 0.3) is 0 Å². The SMILES string of the molecule is CC(C)(C)OCCN(CCCCc1ccc2c(n1)NCCC2)CC[C@H](NC(=O)c1c(Cl)cncc1Cl)C(=O)O. The van der Waals surface area contributed by atoms with Gasteiger partial charge in [-0.25, -0.2) is 9.78 Å². The highest BCUT2D eigenvalue weighted by Crippen LogP contribution is 2.23. The number of nitrogens with one attached hydrogen (secondary N) is 2. The quantitative estimate of drug-likeness (QED) is 0.272. The smallest absolute Gasteiger partial charge is 0.326 e. The van der Waals surface area contributed by atoms with E-state index in [4.69, 9.17) is 32.9 Å². The van der Waals surface area contributed by atoms with Gasteiger partial charge in [0.2, 0.25) is 0 Å². The van der Waals surface area contributed by atoms with Gasteiger partial charge in [-0.05, 0) is 77.5 Å². The number of hydrogen-bond donors (Lipinski definition) is 3. The van der Waals surface area contributed by atoms with Crippen molar-refractivity contribution >= 4 is 40.9 Å². The third-order valence-electron chi connectivity index (χ3n) is 6.47. The molecular formula is C28H39Cl2N5O4. The van der Waals surface area contributed by atoms with Gasteiger partial charge in [-0.2, -0.15) is 0 Å². The minimum absolute atomic E-state index is 0.0148. The molecule has 1 amide bonds. The van der Waals surface area contributed by atoms with Gasteiger partial charge in [0.05, 0.1) is 27.8 Å². The number of aromatic nitrogens is 2. The Bertz CT molecular complexity index is 1110. The predicted molar refractivity (Wildman–Crippen MR) is 154 cm³/mol. The minimum Gasteiger partial charge on any atom is -0.480 e. The number of ether oxygens (including phenoxy) is 1. The summed E-state index contributed by atoms with van der Waals surface area (Å²) in [5.41, 5.74) is 2.11. The van der Waals surface area contributed by atoms with E-state index >= 15 is 0 Å². The number of carboxylic acids is 1. The Balaban J connectivity index is 1.55. The van der Waals surface area contributed by atoms with E-state index in [9.17, 15) is 14.7 Å². The van der Waals surface area contributed by atoms with Crippen LogP contribution in [0.15, 0.2) is 24.5 Å². The Morgan fingerprint density at radius 2 is 1.90 bits per heavy atom. The highest BCUT2D eigenvalue weighted by molar-refractivity contribution is 6.39. The zero-order valence-corrected chi connectivity index (χ0v) is 24.4. The summed E-state index contributed by atoms with van der Waals surface area (Å²) in [6.45, 7) is 9.40. The Morgan fingerprint density at radius 3 is 2.59 bits per heavy atom. The highest BCUT2D eigenvalue weighted by Gasteiger charge is 2.24. The fraction of sp³-hybridized carbons (Fsp3) is 0.571. The van der Waals surface area contributed by atoms with E-state index < -0.39 is 17.9 Å². The number of hydrogen-bond acceptors (Lipinski definition) is 7. The molecule has 3 N–H and O–H groups in total. The number of amides is 1. The van der Waals surface area contributed by atoms with Crippen LogP contribution in [0, 0.1) is 0 Å². The molecule has 1 aliphatic heterocycles. The van der Waals surface area contributed by atoms with Crippen LogP contribution in [0.3, 0.4) is 0 Å². The van der Waals surface area contributed by atoms with Gasteiger partial charge in [-0.1, -0.05) is 29.3 Å². The molecule has 0 saturated heterocycles. The maximum absolute atomic E-state index is 12.7. The summed E-state index contributed by atoms with van der Waals surface area (Å²) in [5, 5.41) is 15.8. The van der Waals surface area contributed by atoms with Crippen molar-refractivity contribution in [2.24, 2.45) is 0 Å². The lowest BCUT2D eigenvalue weighted by Gasteiger charge is -2.27. The van der Waals surface area contributed by atoms with Crippen molar-refractivity contribution in [3.05, 3.63) is 51.4 Å². The number of halogens is 2. The first kappa shape index (κ1) is 31.1. The van der Waals surface area contributed by atoms with E-state index in [1.807, 2.05) is 20.8 Å². The van der Waals surface area contributed by atoms with Gasteiger partial charge in [0.25, 0.3) is 5.91 Å². The first-order chi connectivity index (χ1) is 18.5. The van der Waals surface area contributed by atoms with Crippen LogP contribution in [0.5, 0.6) is 0 Å². The number of fused-ring (bicyclic) bond motifs is 1. The number of aryl methyl sites for hydroxylation is 2. The van der Waals surface area contributed by atoms with E-state index in [-0.39, 0.29) is 27.6 Å². The largest absolute Gasteiger partial charge is 0.480 e. The Morgan fingerprint density at radius 1 is 1.15 bits per heavy atom. The van der Waals surface area contributed by atoms with E-state index in [2.05, 4.69) is 32.7 Å². The van der Waals surface area contributed by atoms with Gasteiger partial charge >= 0.3 is 5.97 Å². The molecule has 0 aliphatic carbocycles. The molecule has 39 heavy (non-hydrogen) atoms. The van der Waals surface area contributed by atoms with Crippen LogP contribution in [0.2, 0.25) is 10.0 Å². The minimum atomic E-state index is -1.12. The average Bonchev–Trinajstić information content (AvgIpc) is 2.87. The Hall–Kier alpha value is -2.46. The summed E-state index contributed by atoms with van der Waals surface area (Å²) < 4.78 is 5.91. The van der Waals surface area contributed by atoms with Crippen molar-refractivity contribution in [1.82, 2.24) is 20.2 Å². The van der Waals surface area contributed by atoms with Crippen LogP contribution in [-0.4, -0.2) is 76.3 Å². The molecule has 0 radical (unpaired) electrons. The summed E-state index contributed by atoms with van der Waals surface area (Å²) in [4.78, 5) is 35.5. The Kier molecular flexibility index (Phi) is 11.8. The standard InChI is InChI=1S/C28H39Cl2N5O4/c1-28(2,3)39-16-15-35(13-5-4-8-20-10-9-19-7-6-12-32-25(19)33-20)14-11-23(27(37)38)34-26(36)24-21(29)17-31-18-22(24)30/h9-10,17-18,23H,4-8,11-16H2,1-3H3,(H,32,33)(H,34,36)(H,37,38)/t23-/m0/s1. The molecular weight excluding hydrogens is 541 g/mol. The van der Waals surface area contributed by atoms with Gasteiger partial charge in [-0.3, -0.25) is 9.78 Å². The zero-order chi connectivity index (χ0) is 28.4. The van der Waals surface area contributed by atoms with Gasteiger partial charge in [0, 0.05) is 37.7 Å². The Labute approximate surface area is 240 Å². The molecule has 0 aromatic carbocycles. The molecule has 3 rings (SSSR count). The first-order valence-corrected chi connectivity index (χ1v) is 14.2. The van der Waals surface area contributed by atoms with Crippen LogP contribution in [-0.2, 0) is 22.4 Å². The number of unbranched alkanes of at least 4 members (excludes halogenated alkanes) is 1. The molecule has 1 aliphatic rings. The van der Waals surface area contributed by atoms with E-state index in [1.165, 1.54) is 18.0 Å². The van der Waals surface area contributed by atoms with E-state index in [0.29, 0.717) is 19.7 Å². The van der Waals surface area contributed by atoms with E-state index in [0.717, 1.165) is 56.7 Å². The third-order valence-corrected chi connectivity index (χ3v) is 7.04. The second kappa shape index (κ2) is 14.8. The van der Waals surface area contributed by atoms with Crippen molar-refractivity contribution < 1.29 is 19.4 Å². The van der Waals surface area contributed by atoms with Crippen LogP contribution >= 0.6 is 23.2 Å². The molecule has 11 heteroatoms. The van der Waals surface area contributed by atoms with Crippen molar-refractivity contribution in [3.8, 4) is 0 Å². The molecule has 9 nitrogen and oxygen atoms in total. The van der Waals surface area contributed by atoms with Crippen LogP contribution < -0.4 is 10.6 Å². The molecule has 0 saturated carbocycles. The normalized spacial score (nSPS) is 14.0. The summed E-state index contributed by atoms with van der Waals surface area (Å²) in [6, 6.07) is 3.19. The van der Waals surface area contributed by atoms with E-state index in [1.54, 1.807) is 0 Å². The predicted octanol–water partition coefficient (Wildman–Crippen LogP) is 4.85.